The summed E-state index contributed by atoms with van der Waals surface area (Å²) in [5, 5.41) is 3.60. The molecule has 94 valence electrons. The topological polar surface area (TPSA) is 21.3 Å². The van der Waals surface area contributed by atoms with E-state index in [-0.39, 0.29) is 0 Å². The third-order valence-corrected chi connectivity index (χ3v) is 3.84. The minimum Gasteiger partial charge on any atom is -0.375 e. The first-order valence-electron chi connectivity index (χ1n) is 6.29. The highest BCUT2D eigenvalue weighted by Gasteiger charge is 2.18. The van der Waals surface area contributed by atoms with E-state index in [4.69, 9.17) is 4.74 Å². The van der Waals surface area contributed by atoms with E-state index < -0.39 is 0 Å². The van der Waals surface area contributed by atoms with Crippen molar-refractivity contribution in [3.63, 3.8) is 0 Å². The zero-order valence-corrected chi connectivity index (χ0v) is 11.3. The summed E-state index contributed by atoms with van der Waals surface area (Å²) in [5.74, 6) is 1.26. The molecule has 0 radical (unpaired) electrons. The summed E-state index contributed by atoms with van der Waals surface area (Å²) >= 11 is 1.92. The average molecular weight is 251 g/mol. The van der Waals surface area contributed by atoms with Crippen molar-refractivity contribution in [1.82, 2.24) is 5.32 Å². The fourth-order valence-corrected chi connectivity index (χ4v) is 2.69. The lowest BCUT2D eigenvalue weighted by molar-refractivity contribution is 0.0822. The highest BCUT2D eigenvalue weighted by molar-refractivity contribution is 7.98. The smallest absolute Gasteiger partial charge is 0.0721 e. The number of ether oxygens (including phenoxy) is 1. The van der Waals surface area contributed by atoms with Crippen LogP contribution < -0.4 is 5.32 Å². The minimum atomic E-state index is 0.384. The second kappa shape index (κ2) is 7.04. The van der Waals surface area contributed by atoms with Crippen molar-refractivity contribution in [2.75, 3.05) is 25.2 Å². The molecule has 0 aromatic heterocycles. The van der Waals surface area contributed by atoms with Gasteiger partial charge in [0.25, 0.3) is 0 Å². The molecule has 1 atom stereocenters. The maximum atomic E-state index is 5.62. The molecule has 0 saturated carbocycles. The number of nitrogens with one attached hydrogen (secondary N) is 1. The summed E-state index contributed by atoms with van der Waals surface area (Å²) in [5.41, 5.74) is 2.75. The molecule has 0 saturated heterocycles. The van der Waals surface area contributed by atoms with Gasteiger partial charge in [-0.3, -0.25) is 0 Å². The quantitative estimate of drug-likeness (QED) is 0.785. The molecular formula is C14H21NOS. The Labute approximate surface area is 108 Å². The maximum Gasteiger partial charge on any atom is 0.0721 e. The van der Waals surface area contributed by atoms with E-state index in [9.17, 15) is 0 Å². The van der Waals surface area contributed by atoms with Crippen molar-refractivity contribution < 1.29 is 4.74 Å². The Kier molecular flexibility index (Phi) is 5.36. The van der Waals surface area contributed by atoms with Crippen LogP contribution in [0.2, 0.25) is 0 Å². The van der Waals surface area contributed by atoms with Gasteiger partial charge in [0, 0.05) is 0 Å². The Balaban J connectivity index is 1.82. The van der Waals surface area contributed by atoms with E-state index in [0.29, 0.717) is 6.04 Å². The molecule has 1 heterocycles. The Morgan fingerprint density at radius 2 is 2.24 bits per heavy atom. The zero-order chi connectivity index (χ0) is 11.9. The van der Waals surface area contributed by atoms with Gasteiger partial charge in [-0.2, -0.15) is 11.8 Å². The molecule has 2 nitrogen and oxygen atoms in total. The predicted molar refractivity (Wildman–Crippen MR) is 74.5 cm³/mol. The molecule has 17 heavy (non-hydrogen) atoms. The Bertz CT molecular complexity index is 343. The van der Waals surface area contributed by atoms with E-state index in [0.717, 1.165) is 19.8 Å². The molecule has 0 spiro atoms. The van der Waals surface area contributed by atoms with Gasteiger partial charge >= 0.3 is 0 Å². The van der Waals surface area contributed by atoms with Gasteiger partial charge in [-0.15, -0.1) is 0 Å². The second-order valence-corrected chi connectivity index (χ2v) is 5.41. The van der Waals surface area contributed by atoms with Crippen LogP contribution in [0.5, 0.6) is 0 Å². The molecule has 1 N–H and O–H groups in total. The van der Waals surface area contributed by atoms with E-state index in [1.165, 1.54) is 29.7 Å². The van der Waals surface area contributed by atoms with Crippen molar-refractivity contribution in [3.05, 3.63) is 35.4 Å². The number of thioether (sulfide) groups is 1. The summed E-state index contributed by atoms with van der Waals surface area (Å²) in [6.07, 6.45) is 4.71. The number of rotatable bonds is 6. The summed E-state index contributed by atoms with van der Waals surface area (Å²) in [6, 6.07) is 8.97. The molecule has 0 amide bonds. The van der Waals surface area contributed by atoms with Crippen LogP contribution in [0.4, 0.5) is 0 Å². The first-order chi connectivity index (χ1) is 8.42. The Morgan fingerprint density at radius 1 is 1.35 bits per heavy atom. The van der Waals surface area contributed by atoms with Gasteiger partial charge < -0.3 is 10.1 Å². The fourth-order valence-electron chi connectivity index (χ4n) is 2.20. The maximum absolute atomic E-state index is 5.62. The lowest BCUT2D eigenvalue weighted by Crippen LogP contribution is -2.30. The van der Waals surface area contributed by atoms with E-state index in [2.05, 4.69) is 35.8 Å². The standard InChI is InChI=1S/C14H21NOS/c1-17-9-5-4-8-15-14-11-16-10-12-6-2-3-7-13(12)14/h2-3,6-7,14-15H,4-5,8-11H2,1H3. The number of fused-ring (bicyclic) bond motifs is 1. The van der Waals surface area contributed by atoms with Gasteiger partial charge in [-0.1, -0.05) is 24.3 Å². The average Bonchev–Trinajstić information content (AvgIpc) is 2.39. The van der Waals surface area contributed by atoms with Gasteiger partial charge in [-0.05, 0) is 42.5 Å². The number of hydrogen-bond acceptors (Lipinski definition) is 3. The van der Waals surface area contributed by atoms with Crippen molar-refractivity contribution in [1.29, 1.82) is 0 Å². The first-order valence-corrected chi connectivity index (χ1v) is 7.69. The van der Waals surface area contributed by atoms with Gasteiger partial charge in [0.15, 0.2) is 0 Å². The van der Waals surface area contributed by atoms with Gasteiger partial charge in [0.05, 0.1) is 19.3 Å². The Hall–Kier alpha value is -0.510. The van der Waals surface area contributed by atoms with Crippen LogP contribution in [-0.2, 0) is 11.3 Å². The third kappa shape index (κ3) is 3.73. The van der Waals surface area contributed by atoms with Crippen LogP contribution in [0.1, 0.15) is 30.0 Å². The fraction of sp³-hybridized carbons (Fsp3) is 0.571. The van der Waals surface area contributed by atoms with Gasteiger partial charge in [0.2, 0.25) is 0 Å². The van der Waals surface area contributed by atoms with Gasteiger partial charge in [0.1, 0.15) is 0 Å². The summed E-state index contributed by atoms with van der Waals surface area (Å²) in [4.78, 5) is 0. The first kappa shape index (κ1) is 12.9. The molecule has 1 aliphatic rings. The van der Waals surface area contributed by atoms with Crippen LogP contribution in [-0.4, -0.2) is 25.2 Å². The summed E-state index contributed by atoms with van der Waals surface area (Å²) in [7, 11) is 0. The largest absolute Gasteiger partial charge is 0.375 e. The highest BCUT2D eigenvalue weighted by Crippen LogP contribution is 2.24. The molecule has 2 rings (SSSR count). The summed E-state index contributed by atoms with van der Waals surface area (Å²) in [6.45, 7) is 2.66. The molecule has 1 aliphatic heterocycles. The zero-order valence-electron chi connectivity index (χ0n) is 10.4. The molecule has 3 heteroatoms. The molecule has 1 aromatic rings. The van der Waals surface area contributed by atoms with E-state index >= 15 is 0 Å². The number of hydrogen-bond donors (Lipinski definition) is 1. The van der Waals surface area contributed by atoms with Crippen LogP contribution in [0.25, 0.3) is 0 Å². The number of benzene rings is 1. The molecule has 0 aliphatic carbocycles. The molecule has 1 aromatic carbocycles. The highest BCUT2D eigenvalue weighted by atomic mass is 32.2. The summed E-state index contributed by atoms with van der Waals surface area (Å²) < 4.78 is 5.62. The number of unbranched alkanes of at least 4 members (excludes halogenated alkanes) is 1. The normalized spacial score (nSPS) is 19.0. The second-order valence-electron chi connectivity index (χ2n) is 4.42. The minimum absolute atomic E-state index is 0.384. The van der Waals surface area contributed by atoms with Crippen molar-refractivity contribution in [2.45, 2.75) is 25.5 Å². The molecule has 1 unspecified atom stereocenters. The predicted octanol–water partition coefficient (Wildman–Crippen LogP) is 2.99. The SMILES string of the molecule is CSCCCCNC1COCc2ccccc21. The van der Waals surface area contributed by atoms with Gasteiger partial charge in [-0.25, -0.2) is 0 Å². The van der Waals surface area contributed by atoms with E-state index in [1.54, 1.807) is 0 Å². The molecular weight excluding hydrogens is 230 g/mol. The van der Waals surface area contributed by atoms with E-state index in [1.807, 2.05) is 11.8 Å². The Morgan fingerprint density at radius 3 is 3.12 bits per heavy atom. The lowest BCUT2D eigenvalue weighted by Gasteiger charge is -2.26. The van der Waals surface area contributed by atoms with Crippen molar-refractivity contribution in [2.24, 2.45) is 0 Å². The van der Waals surface area contributed by atoms with Crippen LogP contribution >= 0.6 is 11.8 Å². The van der Waals surface area contributed by atoms with Crippen LogP contribution in [0, 0.1) is 0 Å². The lowest BCUT2D eigenvalue weighted by atomic mass is 9.99. The molecule has 0 bridgehead atoms. The monoisotopic (exact) mass is 251 g/mol. The third-order valence-electron chi connectivity index (χ3n) is 3.14. The van der Waals surface area contributed by atoms with Crippen LogP contribution in [0.15, 0.2) is 24.3 Å². The van der Waals surface area contributed by atoms with Crippen molar-refractivity contribution in [3.8, 4) is 0 Å². The van der Waals surface area contributed by atoms with Crippen molar-refractivity contribution >= 4 is 11.8 Å². The van der Waals surface area contributed by atoms with Crippen LogP contribution in [0.3, 0.4) is 0 Å². The molecule has 0 fully saturated rings.